The molecule has 3 rings (SSSR count). The van der Waals surface area contributed by atoms with Gasteiger partial charge in [0.05, 0.1) is 4.91 Å². The van der Waals surface area contributed by atoms with Crippen LogP contribution in [0.1, 0.15) is 34.5 Å². The van der Waals surface area contributed by atoms with E-state index in [-0.39, 0.29) is 11.1 Å². The molecule has 0 radical (unpaired) electrons. The lowest BCUT2D eigenvalue weighted by atomic mass is 10.1. The van der Waals surface area contributed by atoms with Gasteiger partial charge >= 0.3 is 0 Å². The van der Waals surface area contributed by atoms with E-state index < -0.39 is 0 Å². The normalized spacial score (nSPS) is 15.9. The number of thioether (sulfide) groups is 1. The highest BCUT2D eigenvalue weighted by molar-refractivity contribution is 8.18. The first-order chi connectivity index (χ1) is 13.3. The summed E-state index contributed by atoms with van der Waals surface area (Å²) in [7, 11) is 1.61. The van der Waals surface area contributed by atoms with Gasteiger partial charge in [-0.05, 0) is 75.2 Å². The number of imide groups is 1. The van der Waals surface area contributed by atoms with Gasteiger partial charge in [-0.1, -0.05) is 17.7 Å². The van der Waals surface area contributed by atoms with E-state index in [1.54, 1.807) is 7.11 Å². The summed E-state index contributed by atoms with van der Waals surface area (Å²) in [5.41, 5.74) is 6.66. The number of benzene rings is 1. The molecule has 5 nitrogen and oxygen atoms in total. The molecule has 148 valence electrons. The van der Waals surface area contributed by atoms with Crippen LogP contribution in [0.25, 0.3) is 11.8 Å². The van der Waals surface area contributed by atoms with Crippen molar-refractivity contribution in [1.82, 2.24) is 9.47 Å². The fourth-order valence-corrected chi connectivity index (χ4v) is 4.42. The van der Waals surface area contributed by atoms with Gasteiger partial charge in [-0.15, -0.1) is 0 Å². The fourth-order valence-electron chi connectivity index (χ4n) is 3.56. The number of nitrogens with zero attached hydrogens (tertiary/aromatic N) is 2. The lowest BCUT2D eigenvalue weighted by Gasteiger charge is -2.13. The van der Waals surface area contributed by atoms with Gasteiger partial charge in [0, 0.05) is 37.3 Å². The number of methoxy groups -OCH3 is 1. The van der Waals surface area contributed by atoms with Crippen molar-refractivity contribution in [3.05, 3.63) is 57.2 Å². The van der Waals surface area contributed by atoms with Gasteiger partial charge in [0.15, 0.2) is 0 Å². The summed E-state index contributed by atoms with van der Waals surface area (Å²) in [5, 5.41) is -0.212. The molecular weight excluding hydrogens is 372 g/mol. The van der Waals surface area contributed by atoms with Gasteiger partial charge in [0.1, 0.15) is 0 Å². The average Bonchev–Trinajstić information content (AvgIpc) is 3.06. The number of rotatable bonds is 6. The van der Waals surface area contributed by atoms with Crippen molar-refractivity contribution < 1.29 is 14.3 Å². The summed E-state index contributed by atoms with van der Waals surface area (Å²) in [5.74, 6) is -0.220. The SMILES string of the molecule is COCCCN1C(=O)S/C(=C/c2cc(C)n(-c3ccc(C)cc3C)c2C)C1=O. The molecular formula is C22H26N2O3S. The number of carbonyl (C=O) groups is 2. The molecule has 0 bridgehead atoms. The minimum Gasteiger partial charge on any atom is -0.385 e. The zero-order chi connectivity index (χ0) is 20.4. The predicted octanol–water partition coefficient (Wildman–Crippen LogP) is 4.78. The van der Waals surface area contributed by atoms with Crippen LogP contribution in [0.2, 0.25) is 0 Å². The molecule has 1 saturated heterocycles. The maximum atomic E-state index is 12.6. The largest absolute Gasteiger partial charge is 0.385 e. The summed E-state index contributed by atoms with van der Waals surface area (Å²) < 4.78 is 7.21. The average molecular weight is 399 g/mol. The highest BCUT2D eigenvalue weighted by Gasteiger charge is 2.34. The van der Waals surface area contributed by atoms with Crippen molar-refractivity contribution >= 4 is 29.0 Å². The molecule has 28 heavy (non-hydrogen) atoms. The molecule has 1 aromatic heterocycles. The number of carbonyl (C=O) groups excluding carboxylic acids is 2. The predicted molar refractivity (Wildman–Crippen MR) is 114 cm³/mol. The number of aromatic nitrogens is 1. The van der Waals surface area contributed by atoms with E-state index in [1.165, 1.54) is 16.0 Å². The van der Waals surface area contributed by atoms with Crippen LogP contribution in [0.5, 0.6) is 0 Å². The first-order valence-corrected chi connectivity index (χ1v) is 10.2. The number of aryl methyl sites for hydroxylation is 3. The number of hydrogen-bond acceptors (Lipinski definition) is 4. The van der Waals surface area contributed by atoms with Crippen LogP contribution in [0.3, 0.4) is 0 Å². The van der Waals surface area contributed by atoms with Crippen LogP contribution in [-0.4, -0.2) is 40.9 Å². The molecule has 1 aliphatic rings. The van der Waals surface area contributed by atoms with Crippen molar-refractivity contribution in [2.24, 2.45) is 0 Å². The Bertz CT molecular complexity index is 959. The first-order valence-electron chi connectivity index (χ1n) is 9.34. The highest BCUT2D eigenvalue weighted by Crippen LogP contribution is 2.34. The van der Waals surface area contributed by atoms with Crippen LogP contribution in [0.15, 0.2) is 29.2 Å². The van der Waals surface area contributed by atoms with E-state index in [9.17, 15) is 9.59 Å². The Kier molecular flexibility index (Phi) is 6.10. The van der Waals surface area contributed by atoms with Crippen LogP contribution < -0.4 is 0 Å². The number of ether oxygens (including phenoxy) is 1. The van der Waals surface area contributed by atoms with Crippen molar-refractivity contribution in [1.29, 1.82) is 0 Å². The van der Waals surface area contributed by atoms with Crippen molar-refractivity contribution in [2.45, 2.75) is 34.1 Å². The smallest absolute Gasteiger partial charge is 0.293 e. The molecule has 6 heteroatoms. The number of amides is 2. The third-order valence-electron chi connectivity index (χ3n) is 4.95. The molecule has 1 aromatic carbocycles. The van der Waals surface area contributed by atoms with E-state index in [1.807, 2.05) is 13.0 Å². The Morgan fingerprint density at radius 2 is 1.86 bits per heavy atom. The summed E-state index contributed by atoms with van der Waals surface area (Å²) in [6, 6.07) is 8.46. The monoisotopic (exact) mass is 398 g/mol. The first kappa shape index (κ1) is 20.4. The third kappa shape index (κ3) is 3.93. The summed E-state index contributed by atoms with van der Waals surface area (Å²) in [4.78, 5) is 26.6. The van der Waals surface area contributed by atoms with Crippen LogP contribution in [0, 0.1) is 27.7 Å². The topological polar surface area (TPSA) is 51.5 Å². The molecule has 2 amide bonds. The molecule has 0 aliphatic carbocycles. The Morgan fingerprint density at radius 1 is 1.11 bits per heavy atom. The molecule has 0 unspecified atom stereocenters. The molecule has 0 atom stereocenters. The molecule has 1 fully saturated rings. The molecule has 0 spiro atoms. The van der Waals surface area contributed by atoms with Crippen molar-refractivity contribution in [3.63, 3.8) is 0 Å². The van der Waals surface area contributed by atoms with E-state index in [0.717, 1.165) is 34.4 Å². The number of hydrogen-bond donors (Lipinski definition) is 0. The van der Waals surface area contributed by atoms with E-state index in [0.29, 0.717) is 24.5 Å². The minimum absolute atomic E-state index is 0.212. The molecule has 2 heterocycles. The Morgan fingerprint density at radius 3 is 2.54 bits per heavy atom. The highest BCUT2D eigenvalue weighted by atomic mass is 32.2. The van der Waals surface area contributed by atoms with Gasteiger partial charge in [-0.2, -0.15) is 0 Å². The van der Waals surface area contributed by atoms with Crippen LogP contribution >= 0.6 is 11.8 Å². The van der Waals surface area contributed by atoms with Gasteiger partial charge in [-0.25, -0.2) is 0 Å². The molecule has 2 aromatic rings. The summed E-state index contributed by atoms with van der Waals surface area (Å²) in [6.45, 7) is 9.20. The maximum Gasteiger partial charge on any atom is 0.293 e. The summed E-state index contributed by atoms with van der Waals surface area (Å²) in [6.07, 6.45) is 2.48. The van der Waals surface area contributed by atoms with Gasteiger partial charge in [0.2, 0.25) is 0 Å². The van der Waals surface area contributed by atoms with Crippen molar-refractivity contribution in [2.75, 3.05) is 20.3 Å². The molecule has 0 saturated carbocycles. The minimum atomic E-state index is -0.220. The lowest BCUT2D eigenvalue weighted by molar-refractivity contribution is -0.122. The Labute approximate surface area is 170 Å². The second kappa shape index (κ2) is 8.37. The van der Waals surface area contributed by atoms with E-state index in [4.69, 9.17) is 4.74 Å². The van der Waals surface area contributed by atoms with E-state index in [2.05, 4.69) is 49.6 Å². The third-order valence-corrected chi connectivity index (χ3v) is 5.86. The van der Waals surface area contributed by atoms with Gasteiger partial charge in [0.25, 0.3) is 11.1 Å². The zero-order valence-corrected chi connectivity index (χ0v) is 17.9. The Hall–Kier alpha value is -2.31. The second-order valence-corrected chi connectivity index (χ2v) is 8.12. The van der Waals surface area contributed by atoms with E-state index >= 15 is 0 Å². The lowest BCUT2D eigenvalue weighted by Crippen LogP contribution is -2.29. The Balaban J connectivity index is 1.91. The second-order valence-electron chi connectivity index (χ2n) is 7.13. The van der Waals surface area contributed by atoms with Crippen LogP contribution in [-0.2, 0) is 9.53 Å². The molecule has 0 N–H and O–H groups in total. The quantitative estimate of drug-likeness (QED) is 0.519. The maximum absolute atomic E-state index is 12.6. The standard InChI is InChI=1S/C22H26N2O3S/c1-14-7-8-19(15(2)11-14)24-16(3)12-18(17(24)4)13-20-21(25)23(22(26)28-20)9-6-10-27-5/h7-8,11-13H,6,9-10H2,1-5H3/b20-13+. The van der Waals surface area contributed by atoms with Crippen molar-refractivity contribution in [3.8, 4) is 5.69 Å². The van der Waals surface area contributed by atoms with Gasteiger partial charge < -0.3 is 9.30 Å². The van der Waals surface area contributed by atoms with Crippen LogP contribution in [0.4, 0.5) is 4.79 Å². The summed E-state index contributed by atoms with van der Waals surface area (Å²) >= 11 is 1.01. The fraction of sp³-hybridized carbons (Fsp3) is 0.364. The van der Waals surface area contributed by atoms with Gasteiger partial charge in [-0.3, -0.25) is 14.5 Å². The molecule has 1 aliphatic heterocycles. The zero-order valence-electron chi connectivity index (χ0n) is 17.0.